The summed E-state index contributed by atoms with van der Waals surface area (Å²) in [7, 11) is 1.62. The van der Waals surface area contributed by atoms with Gasteiger partial charge in [0.2, 0.25) is 5.91 Å². The van der Waals surface area contributed by atoms with Crippen LogP contribution < -0.4 is 5.32 Å². The van der Waals surface area contributed by atoms with Crippen LogP contribution in [0.1, 0.15) is 12.8 Å². The van der Waals surface area contributed by atoms with Gasteiger partial charge < -0.3 is 15.5 Å². The fourth-order valence-electron chi connectivity index (χ4n) is 0.732. The number of hydrogen-bond donors (Lipinski definition) is 3. The standard InChI is InChI=1S/C8H17NO3S/c1-9-8(12)3-2-4-13-6-7(11)5-10/h7,10-11H,2-6H2,1H3,(H,9,12). The molecule has 0 aromatic rings. The van der Waals surface area contributed by atoms with Gasteiger partial charge in [-0.1, -0.05) is 0 Å². The van der Waals surface area contributed by atoms with Gasteiger partial charge >= 0.3 is 0 Å². The third-order valence-electron chi connectivity index (χ3n) is 1.49. The quantitative estimate of drug-likeness (QED) is 0.497. The van der Waals surface area contributed by atoms with Crippen molar-refractivity contribution < 1.29 is 15.0 Å². The lowest BCUT2D eigenvalue weighted by Crippen LogP contribution is -2.18. The second kappa shape index (κ2) is 8.34. The Balaban J connectivity index is 3.12. The number of nitrogens with one attached hydrogen (secondary N) is 1. The van der Waals surface area contributed by atoms with Crippen LogP contribution in [-0.2, 0) is 4.79 Å². The molecule has 0 aliphatic heterocycles. The van der Waals surface area contributed by atoms with Gasteiger partial charge in [0.25, 0.3) is 0 Å². The second-order valence-corrected chi connectivity index (χ2v) is 3.84. The number of aliphatic hydroxyl groups is 2. The van der Waals surface area contributed by atoms with E-state index in [2.05, 4.69) is 5.32 Å². The van der Waals surface area contributed by atoms with E-state index in [1.165, 1.54) is 0 Å². The van der Waals surface area contributed by atoms with Crippen LogP contribution in [0.25, 0.3) is 0 Å². The van der Waals surface area contributed by atoms with Gasteiger partial charge in [-0.25, -0.2) is 0 Å². The van der Waals surface area contributed by atoms with E-state index < -0.39 is 6.10 Å². The van der Waals surface area contributed by atoms with Crippen LogP contribution in [0.3, 0.4) is 0 Å². The molecule has 0 bridgehead atoms. The average Bonchev–Trinajstić information content (AvgIpc) is 2.16. The van der Waals surface area contributed by atoms with Gasteiger partial charge in [0.05, 0.1) is 12.7 Å². The molecule has 0 saturated heterocycles. The molecule has 0 saturated carbocycles. The molecule has 5 heteroatoms. The van der Waals surface area contributed by atoms with Crippen molar-refractivity contribution in [1.82, 2.24) is 5.32 Å². The molecular formula is C8H17NO3S. The van der Waals surface area contributed by atoms with Crippen LogP contribution in [0.5, 0.6) is 0 Å². The van der Waals surface area contributed by atoms with E-state index >= 15 is 0 Å². The first-order valence-electron chi connectivity index (χ1n) is 4.28. The molecule has 4 nitrogen and oxygen atoms in total. The largest absolute Gasteiger partial charge is 0.394 e. The Kier molecular flexibility index (Phi) is 8.18. The topological polar surface area (TPSA) is 69.6 Å². The molecule has 3 N–H and O–H groups in total. The van der Waals surface area contributed by atoms with Crippen LogP contribution in [0.15, 0.2) is 0 Å². The van der Waals surface area contributed by atoms with Crippen molar-refractivity contribution in [2.24, 2.45) is 0 Å². The molecule has 0 heterocycles. The zero-order valence-corrected chi connectivity index (χ0v) is 8.64. The van der Waals surface area contributed by atoms with Crippen LogP contribution in [0.4, 0.5) is 0 Å². The minimum Gasteiger partial charge on any atom is -0.394 e. The van der Waals surface area contributed by atoms with E-state index in [1.807, 2.05) is 0 Å². The number of rotatable bonds is 7. The summed E-state index contributed by atoms with van der Waals surface area (Å²) in [5.41, 5.74) is 0. The summed E-state index contributed by atoms with van der Waals surface area (Å²) in [6.07, 6.45) is 0.700. The first-order chi connectivity index (χ1) is 6.20. The Labute approximate surface area is 82.7 Å². The van der Waals surface area contributed by atoms with Crippen molar-refractivity contribution in [3.8, 4) is 0 Å². The monoisotopic (exact) mass is 207 g/mol. The molecule has 0 fully saturated rings. The van der Waals surface area contributed by atoms with Crippen molar-refractivity contribution in [2.75, 3.05) is 25.2 Å². The fourth-order valence-corrected chi connectivity index (χ4v) is 1.62. The maximum atomic E-state index is 10.8. The Hall–Kier alpha value is -0.260. The van der Waals surface area contributed by atoms with Crippen molar-refractivity contribution in [3.05, 3.63) is 0 Å². The summed E-state index contributed by atoms with van der Waals surface area (Å²) >= 11 is 1.55. The maximum absolute atomic E-state index is 10.8. The Morgan fingerprint density at radius 1 is 1.62 bits per heavy atom. The van der Waals surface area contributed by atoms with Crippen molar-refractivity contribution in [2.45, 2.75) is 18.9 Å². The van der Waals surface area contributed by atoms with Crippen molar-refractivity contribution in [3.63, 3.8) is 0 Å². The molecule has 1 atom stereocenters. The maximum Gasteiger partial charge on any atom is 0.219 e. The highest BCUT2D eigenvalue weighted by Crippen LogP contribution is 2.06. The van der Waals surface area contributed by atoms with Gasteiger partial charge in [0.15, 0.2) is 0 Å². The van der Waals surface area contributed by atoms with Crippen LogP contribution in [0, 0.1) is 0 Å². The summed E-state index contributed by atoms with van der Waals surface area (Å²) in [6.45, 7) is -0.192. The minimum absolute atomic E-state index is 0.0447. The lowest BCUT2D eigenvalue weighted by molar-refractivity contribution is -0.120. The smallest absolute Gasteiger partial charge is 0.219 e. The summed E-state index contributed by atoms with van der Waals surface area (Å²) < 4.78 is 0. The number of carbonyl (C=O) groups excluding carboxylic acids is 1. The highest BCUT2D eigenvalue weighted by Gasteiger charge is 2.02. The number of hydrogen-bond acceptors (Lipinski definition) is 4. The molecule has 0 aromatic heterocycles. The third kappa shape index (κ3) is 8.08. The van der Waals surface area contributed by atoms with Gasteiger partial charge in [0.1, 0.15) is 0 Å². The summed E-state index contributed by atoms with van der Waals surface area (Å²) in [4.78, 5) is 10.8. The van der Waals surface area contributed by atoms with E-state index in [0.717, 1.165) is 12.2 Å². The average molecular weight is 207 g/mol. The van der Waals surface area contributed by atoms with E-state index in [4.69, 9.17) is 10.2 Å². The van der Waals surface area contributed by atoms with Gasteiger partial charge in [-0.15, -0.1) is 0 Å². The lowest BCUT2D eigenvalue weighted by Gasteiger charge is -2.05. The fraction of sp³-hybridized carbons (Fsp3) is 0.875. The SMILES string of the molecule is CNC(=O)CCCSCC(O)CO. The summed E-state index contributed by atoms with van der Waals surface area (Å²) in [6, 6.07) is 0. The summed E-state index contributed by atoms with van der Waals surface area (Å²) in [5.74, 6) is 1.41. The molecule has 78 valence electrons. The normalized spacial score (nSPS) is 12.5. The highest BCUT2D eigenvalue weighted by molar-refractivity contribution is 7.99. The molecule has 0 aliphatic carbocycles. The zero-order chi connectivity index (χ0) is 10.1. The van der Waals surface area contributed by atoms with Gasteiger partial charge in [-0.2, -0.15) is 11.8 Å². The van der Waals surface area contributed by atoms with Gasteiger partial charge in [-0.05, 0) is 12.2 Å². The first kappa shape index (κ1) is 12.7. The van der Waals surface area contributed by atoms with Crippen LogP contribution in [0.2, 0.25) is 0 Å². The van der Waals surface area contributed by atoms with Gasteiger partial charge in [0, 0.05) is 19.2 Å². The highest BCUT2D eigenvalue weighted by atomic mass is 32.2. The number of carbonyl (C=O) groups is 1. The van der Waals surface area contributed by atoms with Crippen LogP contribution in [-0.4, -0.2) is 47.4 Å². The minimum atomic E-state index is -0.634. The molecule has 1 amide bonds. The molecule has 0 radical (unpaired) electrons. The summed E-state index contributed by atoms with van der Waals surface area (Å²) in [5, 5.41) is 20.0. The number of thioether (sulfide) groups is 1. The Morgan fingerprint density at radius 2 is 2.31 bits per heavy atom. The molecular weight excluding hydrogens is 190 g/mol. The predicted octanol–water partition coefficient (Wildman–Crippen LogP) is -0.401. The molecule has 0 spiro atoms. The third-order valence-corrected chi connectivity index (χ3v) is 2.69. The van der Waals surface area contributed by atoms with Crippen molar-refractivity contribution >= 4 is 17.7 Å². The second-order valence-electron chi connectivity index (χ2n) is 2.69. The Morgan fingerprint density at radius 3 is 2.85 bits per heavy atom. The molecule has 13 heavy (non-hydrogen) atoms. The molecule has 1 unspecified atom stereocenters. The van der Waals surface area contributed by atoms with E-state index in [0.29, 0.717) is 12.2 Å². The Bertz CT molecular complexity index is 143. The van der Waals surface area contributed by atoms with Crippen LogP contribution >= 0.6 is 11.8 Å². The number of aliphatic hydroxyl groups excluding tert-OH is 2. The molecule has 0 aromatic carbocycles. The zero-order valence-electron chi connectivity index (χ0n) is 7.82. The lowest BCUT2D eigenvalue weighted by atomic mass is 10.3. The first-order valence-corrected chi connectivity index (χ1v) is 5.43. The molecule has 0 rings (SSSR count). The van der Waals surface area contributed by atoms with Crippen molar-refractivity contribution in [1.29, 1.82) is 0 Å². The van der Waals surface area contributed by atoms with E-state index in [1.54, 1.807) is 18.8 Å². The van der Waals surface area contributed by atoms with E-state index in [9.17, 15) is 4.79 Å². The van der Waals surface area contributed by atoms with E-state index in [-0.39, 0.29) is 12.5 Å². The van der Waals surface area contributed by atoms with Gasteiger partial charge in [-0.3, -0.25) is 4.79 Å². The predicted molar refractivity (Wildman–Crippen MR) is 53.7 cm³/mol. The number of amides is 1. The molecule has 0 aliphatic rings.